The molecule has 5 N–H and O–H groups in total. The van der Waals surface area contributed by atoms with Crippen molar-refractivity contribution in [3.63, 3.8) is 0 Å². The number of rotatable bonds is 20. The number of phenols is 1. The van der Waals surface area contributed by atoms with E-state index in [1.54, 1.807) is 12.3 Å². The van der Waals surface area contributed by atoms with Gasteiger partial charge in [0.25, 0.3) is 0 Å². The molecule has 8 unspecified atom stereocenters. The molecule has 0 amide bonds. The maximum atomic E-state index is 10.1. The number of ether oxygens (including phenoxy) is 2. The summed E-state index contributed by atoms with van der Waals surface area (Å²) in [5.41, 5.74) is 5.97. The van der Waals surface area contributed by atoms with Crippen LogP contribution in [0.25, 0.3) is 21.8 Å². The molecule has 474 valence electrons. The third-order valence-corrected chi connectivity index (χ3v) is 26.5. The normalized spacial score (nSPS) is 35.4. The molecule has 87 heavy (non-hydrogen) atoms. The molecule has 8 aliphatic carbocycles. The second kappa shape index (κ2) is 31.1. The van der Waals surface area contributed by atoms with Crippen LogP contribution >= 0.6 is 0 Å². The van der Waals surface area contributed by atoms with Gasteiger partial charge in [-0.25, -0.2) is 0 Å². The molecule has 2 aromatic carbocycles. The van der Waals surface area contributed by atoms with Crippen molar-refractivity contribution in [1.82, 2.24) is 9.97 Å². The van der Waals surface area contributed by atoms with E-state index in [2.05, 4.69) is 108 Å². The Morgan fingerprint density at radius 2 is 0.989 bits per heavy atom. The Morgan fingerprint density at radius 3 is 1.49 bits per heavy atom. The first-order chi connectivity index (χ1) is 40.0. The number of anilines is 2. The first-order valence-electron chi connectivity index (χ1n) is 35.0. The fraction of sp³-hybridized carbons (Fsp3) is 0.763. The van der Waals surface area contributed by atoms with Crippen LogP contribution < -0.4 is 48.4 Å². The minimum Gasteiger partial charge on any atom is -0.870 e. The van der Waals surface area contributed by atoms with Crippen molar-refractivity contribution in [2.75, 3.05) is 36.9 Å². The standard InChI is InChI=1S/C38H58N2O2.C38H57N2O.2Li.2H2O/c1-25(2)8-6-9-26(3)31-13-14-32-29-12-11-27-24-28(17-19-37(27,4)33(29)18-20-38(31,32)5)42-23-22-39-34-15-16-35(41)36-30(34)10-7-21-40-36;1-26(2)9-6-10-27(3)32-16-17-33-30-15-14-28-25-29(18-20-37(28,4)34(30)19-21-38(32,33)5)41-24-23-40-36-13-7-12-35-31(36)11-8-22-39-35;;;;/h7,10,15-16,21,25-29,31-33,39,41H,6,8-9,11-14,17-20,22-24H2,1-5H3;7-8,11,13,22,26-30,32-34,40H,6,9-10,14-21,23-25H2,1-5H3;;;2*1H2/q;-1;2*+1;;/p-2/t26-,27?,28+,29?,31-,32?,33?,37+,38-;27-,28?,29+,30?,32-,33?,34?,37+,38-;;;;/m11..../s1. The molecule has 2 aromatic heterocycles. The summed E-state index contributed by atoms with van der Waals surface area (Å²) < 4.78 is 13.0. The Balaban J connectivity index is 0.000000238. The van der Waals surface area contributed by atoms with Gasteiger partial charge in [-0.1, -0.05) is 125 Å². The predicted molar refractivity (Wildman–Crippen MR) is 350 cm³/mol. The smallest absolute Gasteiger partial charge is 0.870 e. The summed E-state index contributed by atoms with van der Waals surface area (Å²) in [6, 6.07) is 19.0. The zero-order chi connectivity index (χ0) is 58.1. The molecule has 0 aliphatic heterocycles. The summed E-state index contributed by atoms with van der Waals surface area (Å²) >= 11 is 0. The molecular weight excluding hydrogens is 1060 g/mol. The molecule has 4 aromatic rings. The quantitative estimate of drug-likeness (QED) is 0.0340. The van der Waals surface area contributed by atoms with Gasteiger partial charge >= 0.3 is 37.7 Å². The number of benzene rings is 2. The number of hydrogen-bond acceptors (Lipinski definition) is 9. The van der Waals surface area contributed by atoms with Gasteiger partial charge in [0.05, 0.1) is 25.4 Å². The second-order valence-electron chi connectivity index (χ2n) is 31.6. The fourth-order valence-corrected chi connectivity index (χ4v) is 22.1. The third-order valence-electron chi connectivity index (χ3n) is 26.5. The van der Waals surface area contributed by atoms with Crippen molar-refractivity contribution in [2.24, 2.45) is 105 Å². The number of aromatic nitrogens is 2. The number of pyridine rings is 2. The van der Waals surface area contributed by atoms with Gasteiger partial charge in [-0.2, -0.15) is 12.1 Å². The van der Waals surface area contributed by atoms with Gasteiger partial charge in [-0.15, -0.1) is 12.1 Å². The molecule has 9 nitrogen and oxygen atoms in total. The van der Waals surface area contributed by atoms with E-state index in [0.29, 0.717) is 39.4 Å². The van der Waals surface area contributed by atoms with E-state index in [9.17, 15) is 5.11 Å². The average Bonchev–Trinajstić information content (AvgIpc) is 2.01. The second-order valence-corrected chi connectivity index (χ2v) is 31.6. The van der Waals surface area contributed by atoms with Crippen LogP contribution in [0.15, 0.2) is 60.9 Å². The molecule has 0 bridgehead atoms. The largest absolute Gasteiger partial charge is 1.00 e. The molecule has 0 spiro atoms. The van der Waals surface area contributed by atoms with Gasteiger partial charge in [0.2, 0.25) is 0 Å². The predicted octanol–water partition coefficient (Wildman–Crippen LogP) is 13.5. The van der Waals surface area contributed by atoms with Gasteiger partial charge in [0, 0.05) is 36.6 Å². The van der Waals surface area contributed by atoms with Gasteiger partial charge in [-0.05, 0) is 250 Å². The average molecular weight is 1180 g/mol. The zero-order valence-electron chi connectivity index (χ0n) is 56.9. The molecule has 8 aliphatic rings. The molecular formula is C76H117Li2N4O5-. The van der Waals surface area contributed by atoms with Crippen LogP contribution in [0.5, 0.6) is 5.75 Å². The van der Waals surface area contributed by atoms with Crippen LogP contribution in [0.4, 0.5) is 11.4 Å². The van der Waals surface area contributed by atoms with Crippen LogP contribution in [0.2, 0.25) is 0 Å². The number of hydrogen-bond donors (Lipinski definition) is 3. The van der Waals surface area contributed by atoms with Gasteiger partial charge in [-0.3, -0.25) is 9.97 Å². The number of nitrogens with one attached hydrogen (secondary N) is 2. The molecule has 8 fully saturated rings. The Labute approximate surface area is 552 Å². The summed E-state index contributed by atoms with van der Waals surface area (Å²) in [4.78, 5) is 8.78. The van der Waals surface area contributed by atoms with Crippen LogP contribution in [-0.4, -0.2) is 64.5 Å². The number of aromatic hydroxyl groups is 1. The number of nitrogens with zero attached hydrogens (tertiary/aromatic N) is 2. The SMILES string of the molecule is CC(C)CCC[C@@H](C)[C@H]1CCC2C3CCC4C[C@@H](OCCNc5cc[c-]c6ncccc56)CC[C@]4(C)C3CC[C@@]21C.CC(C)CCC[C@@H](C)[C@H]1CCC2C3CCC4C[C@@H](OCCNc5ccc(O)c6ncccc56)CC[C@]4(C)C3CC[C@@]21C.[Li+].[Li+].[OH-].[OH-]. The van der Waals surface area contributed by atoms with E-state index >= 15 is 0 Å². The summed E-state index contributed by atoms with van der Waals surface area (Å²) in [7, 11) is 0. The molecule has 18 atom stereocenters. The van der Waals surface area contributed by atoms with Gasteiger partial charge < -0.3 is 36.2 Å². The van der Waals surface area contributed by atoms with E-state index in [4.69, 9.17) is 9.47 Å². The van der Waals surface area contributed by atoms with Crippen molar-refractivity contribution in [2.45, 2.75) is 236 Å². The van der Waals surface area contributed by atoms with E-state index in [1.807, 2.05) is 36.5 Å². The molecule has 0 saturated heterocycles. The summed E-state index contributed by atoms with van der Waals surface area (Å²) in [6.07, 6.45) is 38.5. The fourth-order valence-electron chi connectivity index (χ4n) is 22.1. The molecule has 12 rings (SSSR count). The molecule has 2 heterocycles. The molecule has 11 heteroatoms. The van der Waals surface area contributed by atoms with Crippen molar-refractivity contribution in [3.05, 3.63) is 67.0 Å². The van der Waals surface area contributed by atoms with Crippen molar-refractivity contribution in [1.29, 1.82) is 0 Å². The Bertz CT molecular complexity index is 2760. The van der Waals surface area contributed by atoms with Gasteiger partial charge in [0.1, 0.15) is 11.3 Å². The Morgan fingerprint density at radius 1 is 0.529 bits per heavy atom. The summed E-state index contributed by atoms with van der Waals surface area (Å²) in [5.74, 6) is 13.1. The number of phenolic OH excluding ortho intramolecular Hbond substituents is 1. The van der Waals surface area contributed by atoms with Crippen molar-refractivity contribution in [3.8, 4) is 5.75 Å². The van der Waals surface area contributed by atoms with E-state index < -0.39 is 0 Å². The Hall–Kier alpha value is -2.31. The summed E-state index contributed by atoms with van der Waals surface area (Å²) in [6.45, 7) is 28.7. The maximum absolute atomic E-state index is 10.1. The minimum absolute atomic E-state index is 0. The van der Waals surface area contributed by atoms with Crippen LogP contribution in [0.3, 0.4) is 0 Å². The Kier molecular flexibility index (Phi) is 25.8. The van der Waals surface area contributed by atoms with Crippen LogP contribution in [0, 0.1) is 111 Å². The maximum Gasteiger partial charge on any atom is 1.00 e. The first-order valence-corrected chi connectivity index (χ1v) is 35.0. The van der Waals surface area contributed by atoms with Crippen molar-refractivity contribution < 1.29 is 63.3 Å². The van der Waals surface area contributed by atoms with Crippen molar-refractivity contribution >= 4 is 33.2 Å². The van der Waals surface area contributed by atoms with E-state index in [1.165, 1.54) is 154 Å². The summed E-state index contributed by atoms with van der Waals surface area (Å²) in [5, 5.41) is 19.4. The number of fused-ring (bicyclic) bond motifs is 12. The van der Waals surface area contributed by atoms with E-state index in [-0.39, 0.29) is 54.4 Å². The topological polar surface area (TPSA) is 149 Å². The monoisotopic (exact) mass is 1180 g/mol. The van der Waals surface area contributed by atoms with Crippen LogP contribution in [-0.2, 0) is 9.47 Å². The molecule has 0 radical (unpaired) electrons. The van der Waals surface area contributed by atoms with E-state index in [0.717, 1.165) is 137 Å². The first kappa shape index (κ1) is 72.1. The third kappa shape index (κ3) is 15.0. The molecule has 8 saturated carbocycles. The van der Waals surface area contributed by atoms with Gasteiger partial charge in [0.15, 0.2) is 0 Å². The zero-order valence-corrected chi connectivity index (χ0v) is 56.9. The minimum atomic E-state index is 0. The van der Waals surface area contributed by atoms with Crippen LogP contribution in [0.1, 0.15) is 223 Å².